The number of benzene rings is 2. The van der Waals surface area contributed by atoms with Gasteiger partial charge >= 0.3 is 0 Å². The lowest BCUT2D eigenvalue weighted by Crippen LogP contribution is -1.99. The van der Waals surface area contributed by atoms with Crippen molar-refractivity contribution in [3.05, 3.63) is 66.2 Å². The normalized spacial score (nSPS) is 10.4. The van der Waals surface area contributed by atoms with E-state index in [4.69, 9.17) is 4.74 Å². The molecule has 2 aromatic carbocycles. The van der Waals surface area contributed by atoms with Gasteiger partial charge < -0.3 is 10.1 Å². The fourth-order valence-corrected chi connectivity index (χ4v) is 3.28. The minimum atomic E-state index is -3.28. The highest BCUT2D eigenvalue weighted by atomic mass is 32.2. The van der Waals surface area contributed by atoms with Gasteiger partial charge in [-0.1, -0.05) is 42.5 Å². The number of aromatic nitrogens is 1. The molecule has 3 rings (SSSR count). The zero-order chi connectivity index (χ0) is 21.4. The molecule has 6 nitrogen and oxygen atoms in total. The third-order valence-corrected chi connectivity index (χ3v) is 5.07. The third-order valence-electron chi connectivity index (χ3n) is 3.94. The Balaban J connectivity index is 0.000000941. The van der Waals surface area contributed by atoms with Gasteiger partial charge in [-0.05, 0) is 37.9 Å². The molecule has 7 heteroatoms. The highest BCUT2D eigenvalue weighted by molar-refractivity contribution is 7.90. The summed E-state index contributed by atoms with van der Waals surface area (Å²) in [6.07, 6.45) is 1.17. The second kappa shape index (κ2) is 9.82. The van der Waals surface area contributed by atoms with E-state index in [0.29, 0.717) is 11.3 Å². The van der Waals surface area contributed by atoms with Crippen LogP contribution in [0.3, 0.4) is 0 Å². The van der Waals surface area contributed by atoms with Gasteiger partial charge in [0.2, 0.25) is 5.88 Å². The second-order valence-electron chi connectivity index (χ2n) is 6.22. The predicted molar refractivity (Wildman–Crippen MR) is 114 cm³/mol. The van der Waals surface area contributed by atoms with E-state index in [2.05, 4.69) is 16.4 Å². The third kappa shape index (κ3) is 5.41. The summed E-state index contributed by atoms with van der Waals surface area (Å²) in [7, 11) is 1.95. The Morgan fingerprint density at radius 3 is 2.07 bits per heavy atom. The fraction of sp³-hybridized carbons (Fsp3) is 0.182. The minimum Gasteiger partial charge on any atom is -0.480 e. The number of nitrogens with one attached hydrogen (secondary N) is 1. The summed E-state index contributed by atoms with van der Waals surface area (Å²) < 4.78 is 28.6. The van der Waals surface area contributed by atoms with Crippen molar-refractivity contribution in [1.82, 2.24) is 10.3 Å². The van der Waals surface area contributed by atoms with Crippen LogP contribution in [-0.2, 0) is 9.84 Å². The average Bonchev–Trinajstić information content (AvgIpc) is 2.73. The number of ether oxygens (including phenoxy) is 1. The molecule has 1 aromatic heterocycles. The molecule has 0 saturated heterocycles. The first-order valence-electron chi connectivity index (χ1n) is 8.79. The first kappa shape index (κ1) is 22.1. The molecule has 29 heavy (non-hydrogen) atoms. The Bertz CT molecular complexity index is 1100. The molecule has 0 bridgehead atoms. The molecule has 0 amide bonds. The van der Waals surface area contributed by atoms with Gasteiger partial charge in [-0.3, -0.25) is 0 Å². The summed E-state index contributed by atoms with van der Waals surface area (Å²) in [5.41, 5.74) is 3.34. The van der Waals surface area contributed by atoms with Crippen molar-refractivity contribution in [3.63, 3.8) is 0 Å². The standard InChI is InChI=1S/C20H16N2O3S.C2H7N/c1-25-20-16(13-21)12-18(19(22-20)15-6-4-3-5-7-15)14-8-10-17(11-9-14)26(2,23)24;1-3-2/h3-12H,1-2H3;3H,1-2H3. The average molecular weight is 410 g/mol. The summed E-state index contributed by atoms with van der Waals surface area (Å²) in [6.45, 7) is 0. The van der Waals surface area contributed by atoms with Crippen LogP contribution in [0.25, 0.3) is 22.4 Å². The zero-order valence-corrected chi connectivity index (χ0v) is 17.6. The van der Waals surface area contributed by atoms with Crippen LogP contribution in [0, 0.1) is 11.3 Å². The lowest BCUT2D eigenvalue weighted by Gasteiger charge is -2.13. The molecule has 0 spiro atoms. The molecule has 0 aliphatic rings. The SMILES string of the molecule is CNC.COc1nc(-c2ccccc2)c(-c2ccc(S(C)(=O)=O)cc2)cc1C#N. The van der Waals surface area contributed by atoms with Crippen LogP contribution in [0.2, 0.25) is 0 Å². The maximum absolute atomic E-state index is 11.7. The molecular formula is C22H23N3O3S. The lowest BCUT2D eigenvalue weighted by atomic mass is 9.98. The second-order valence-corrected chi connectivity index (χ2v) is 8.23. The molecule has 1 N–H and O–H groups in total. The molecule has 0 aliphatic heterocycles. The highest BCUT2D eigenvalue weighted by Gasteiger charge is 2.16. The summed E-state index contributed by atoms with van der Waals surface area (Å²) in [5.74, 6) is 0.253. The van der Waals surface area contributed by atoms with E-state index in [1.807, 2.05) is 44.4 Å². The van der Waals surface area contributed by atoms with Gasteiger partial charge in [-0.2, -0.15) is 5.26 Å². The minimum absolute atomic E-state index is 0.240. The maximum Gasteiger partial charge on any atom is 0.232 e. The Labute approximate surface area is 171 Å². The summed E-state index contributed by atoms with van der Waals surface area (Å²) in [5, 5.41) is 12.1. The van der Waals surface area contributed by atoms with Crippen molar-refractivity contribution in [2.45, 2.75) is 4.90 Å². The van der Waals surface area contributed by atoms with Crippen molar-refractivity contribution in [3.8, 4) is 34.3 Å². The van der Waals surface area contributed by atoms with Crippen LogP contribution >= 0.6 is 0 Å². The zero-order valence-electron chi connectivity index (χ0n) is 16.8. The van der Waals surface area contributed by atoms with E-state index < -0.39 is 9.84 Å². The van der Waals surface area contributed by atoms with E-state index in [1.54, 1.807) is 30.3 Å². The van der Waals surface area contributed by atoms with Crippen LogP contribution in [-0.4, -0.2) is 40.9 Å². The number of pyridine rings is 1. The largest absolute Gasteiger partial charge is 0.480 e. The van der Waals surface area contributed by atoms with Crippen LogP contribution in [0.1, 0.15) is 5.56 Å². The van der Waals surface area contributed by atoms with Gasteiger partial charge in [0.15, 0.2) is 9.84 Å². The monoisotopic (exact) mass is 409 g/mol. The molecule has 0 saturated carbocycles. The quantitative estimate of drug-likeness (QED) is 0.709. The van der Waals surface area contributed by atoms with Gasteiger partial charge in [-0.25, -0.2) is 13.4 Å². The molecule has 0 atom stereocenters. The van der Waals surface area contributed by atoms with Crippen molar-refractivity contribution >= 4 is 9.84 Å². The molecule has 0 radical (unpaired) electrons. The molecular weight excluding hydrogens is 386 g/mol. The number of nitriles is 1. The molecule has 0 aliphatic carbocycles. The van der Waals surface area contributed by atoms with Gasteiger partial charge in [0.05, 0.1) is 17.7 Å². The van der Waals surface area contributed by atoms with Gasteiger partial charge in [0.1, 0.15) is 11.6 Å². The molecule has 150 valence electrons. The van der Waals surface area contributed by atoms with E-state index in [9.17, 15) is 13.7 Å². The number of sulfone groups is 1. The maximum atomic E-state index is 11.7. The Hall–Kier alpha value is -3.21. The molecule has 0 fully saturated rings. The summed E-state index contributed by atoms with van der Waals surface area (Å²) in [4.78, 5) is 4.76. The molecule has 1 heterocycles. The van der Waals surface area contributed by atoms with E-state index >= 15 is 0 Å². The molecule has 3 aromatic rings. The Kier molecular flexibility index (Phi) is 7.48. The number of hydrogen-bond donors (Lipinski definition) is 1. The van der Waals surface area contributed by atoms with Crippen molar-refractivity contribution in [2.24, 2.45) is 0 Å². The van der Waals surface area contributed by atoms with Crippen molar-refractivity contribution < 1.29 is 13.2 Å². The smallest absolute Gasteiger partial charge is 0.232 e. The van der Waals surface area contributed by atoms with Crippen molar-refractivity contribution in [2.75, 3.05) is 27.5 Å². The first-order valence-corrected chi connectivity index (χ1v) is 10.7. The highest BCUT2D eigenvalue weighted by Crippen LogP contribution is 2.34. The van der Waals surface area contributed by atoms with E-state index in [0.717, 1.165) is 16.7 Å². The number of rotatable bonds is 4. The predicted octanol–water partition coefficient (Wildman–Crippen LogP) is 3.53. The molecule has 0 unspecified atom stereocenters. The van der Waals surface area contributed by atoms with Gasteiger partial charge in [-0.15, -0.1) is 0 Å². The van der Waals surface area contributed by atoms with Crippen molar-refractivity contribution in [1.29, 1.82) is 5.26 Å². The van der Waals surface area contributed by atoms with Crippen LogP contribution < -0.4 is 10.1 Å². The summed E-state index contributed by atoms with van der Waals surface area (Å²) >= 11 is 0. The fourth-order valence-electron chi connectivity index (χ4n) is 2.65. The summed E-state index contributed by atoms with van der Waals surface area (Å²) in [6, 6.07) is 19.9. The first-order chi connectivity index (χ1) is 13.8. The van der Waals surface area contributed by atoms with E-state index in [-0.39, 0.29) is 10.8 Å². The number of methoxy groups -OCH3 is 1. The van der Waals surface area contributed by atoms with Crippen LogP contribution in [0.15, 0.2) is 65.6 Å². The topological polar surface area (TPSA) is 92.1 Å². The van der Waals surface area contributed by atoms with Crippen LogP contribution in [0.4, 0.5) is 0 Å². The van der Waals surface area contributed by atoms with Crippen LogP contribution in [0.5, 0.6) is 5.88 Å². The lowest BCUT2D eigenvalue weighted by molar-refractivity contribution is 0.397. The number of hydrogen-bond acceptors (Lipinski definition) is 6. The number of nitrogens with zero attached hydrogens (tertiary/aromatic N) is 2. The van der Waals surface area contributed by atoms with Gasteiger partial charge in [0.25, 0.3) is 0 Å². The Morgan fingerprint density at radius 1 is 1.00 bits per heavy atom. The van der Waals surface area contributed by atoms with Gasteiger partial charge in [0, 0.05) is 17.4 Å². The van der Waals surface area contributed by atoms with E-state index in [1.165, 1.54) is 13.4 Å². The Morgan fingerprint density at radius 2 is 1.59 bits per heavy atom.